The summed E-state index contributed by atoms with van der Waals surface area (Å²) in [4.78, 5) is 25.4. The molecule has 7 nitrogen and oxygen atoms in total. The summed E-state index contributed by atoms with van der Waals surface area (Å²) in [6.45, 7) is 3.48. The number of piperidine rings is 1. The number of methoxy groups -OCH3 is 2. The molecule has 144 valence electrons. The van der Waals surface area contributed by atoms with Crippen LogP contribution in [0.15, 0.2) is 0 Å². The molecule has 3 rings (SSSR count). The second-order valence-corrected chi connectivity index (χ2v) is 7.20. The van der Waals surface area contributed by atoms with E-state index in [2.05, 4.69) is 9.97 Å². The molecule has 9 heteroatoms. The molecule has 0 radical (unpaired) electrons. The van der Waals surface area contributed by atoms with Crippen LogP contribution in [-0.4, -0.2) is 54.1 Å². The molecule has 0 saturated carbocycles. The van der Waals surface area contributed by atoms with E-state index in [1.54, 1.807) is 14.2 Å². The van der Waals surface area contributed by atoms with Crippen LogP contribution < -0.4 is 10.5 Å². The summed E-state index contributed by atoms with van der Waals surface area (Å²) < 4.78 is 10.6. The molecule has 2 aromatic rings. The Bertz CT molecular complexity index is 783. The first-order valence-corrected chi connectivity index (χ1v) is 9.26. The number of hydrogen-bond acceptors (Lipinski definition) is 7. The molecule has 0 aromatic carbocycles. The summed E-state index contributed by atoms with van der Waals surface area (Å²) in [7, 11) is 3.17. The summed E-state index contributed by atoms with van der Waals surface area (Å²) in [5.41, 5.74) is 6.74. The Hall–Kier alpha value is -1.48. The number of amides is 1. The molecule has 1 fully saturated rings. The Morgan fingerprint density at radius 1 is 1.35 bits per heavy atom. The minimum atomic E-state index is 0. The smallest absolute Gasteiger partial charge is 0.264 e. The average molecular weight is 401 g/mol. The van der Waals surface area contributed by atoms with Crippen molar-refractivity contribution in [2.75, 3.05) is 27.3 Å². The Morgan fingerprint density at radius 2 is 2.12 bits per heavy atom. The van der Waals surface area contributed by atoms with Crippen molar-refractivity contribution in [3.63, 3.8) is 0 Å². The van der Waals surface area contributed by atoms with E-state index in [-0.39, 0.29) is 24.4 Å². The van der Waals surface area contributed by atoms with Gasteiger partial charge in [0.15, 0.2) is 5.82 Å². The van der Waals surface area contributed by atoms with E-state index in [9.17, 15) is 4.79 Å². The van der Waals surface area contributed by atoms with Crippen molar-refractivity contribution in [2.24, 2.45) is 5.73 Å². The van der Waals surface area contributed by atoms with Crippen LogP contribution in [0.3, 0.4) is 0 Å². The average Bonchev–Trinajstić information content (AvgIpc) is 2.97. The summed E-state index contributed by atoms with van der Waals surface area (Å²) in [5, 5.41) is 0.803. The number of aromatic nitrogens is 2. The lowest BCUT2D eigenvalue weighted by Gasteiger charge is -2.34. The summed E-state index contributed by atoms with van der Waals surface area (Å²) >= 11 is 1.39. The van der Waals surface area contributed by atoms with E-state index in [0.29, 0.717) is 29.7 Å². The van der Waals surface area contributed by atoms with Gasteiger partial charge in [-0.15, -0.1) is 23.7 Å². The highest BCUT2D eigenvalue weighted by atomic mass is 35.5. The Morgan fingerprint density at radius 3 is 2.77 bits per heavy atom. The molecule has 0 aliphatic carbocycles. The lowest BCUT2D eigenvalue weighted by atomic mass is 10.0. The van der Waals surface area contributed by atoms with Gasteiger partial charge in [-0.25, -0.2) is 4.98 Å². The van der Waals surface area contributed by atoms with Crippen LogP contribution in [0.4, 0.5) is 0 Å². The van der Waals surface area contributed by atoms with Gasteiger partial charge in [-0.2, -0.15) is 4.98 Å². The highest BCUT2D eigenvalue weighted by Crippen LogP contribution is 2.36. The quantitative estimate of drug-likeness (QED) is 0.829. The summed E-state index contributed by atoms with van der Waals surface area (Å²) in [6.07, 6.45) is 3.11. The molecule has 1 amide bonds. The number of hydrogen-bond donors (Lipinski definition) is 1. The minimum absolute atomic E-state index is 0. The third-order valence-corrected chi connectivity index (χ3v) is 5.80. The molecule has 3 heterocycles. The van der Waals surface area contributed by atoms with Crippen LogP contribution in [-0.2, 0) is 11.3 Å². The summed E-state index contributed by atoms with van der Waals surface area (Å²) in [5.74, 6) is 1.06. The number of aryl methyl sites for hydroxylation is 1. The monoisotopic (exact) mass is 400 g/mol. The van der Waals surface area contributed by atoms with Crippen LogP contribution in [0, 0.1) is 6.92 Å². The lowest BCUT2D eigenvalue weighted by molar-refractivity contribution is 0.0628. The molecule has 1 atom stereocenters. The number of nitrogens with zero attached hydrogens (tertiary/aromatic N) is 3. The van der Waals surface area contributed by atoms with Crippen molar-refractivity contribution >= 4 is 39.9 Å². The van der Waals surface area contributed by atoms with Gasteiger partial charge in [-0.05, 0) is 31.7 Å². The number of carbonyl (C=O) groups excluding carboxylic acids is 1. The molecule has 26 heavy (non-hydrogen) atoms. The fourth-order valence-electron chi connectivity index (χ4n) is 3.33. The van der Waals surface area contributed by atoms with Crippen molar-refractivity contribution in [2.45, 2.75) is 38.8 Å². The van der Waals surface area contributed by atoms with Crippen molar-refractivity contribution in [1.82, 2.24) is 14.9 Å². The number of likely N-dealkylation sites (tertiary alicyclic amines) is 1. The fraction of sp³-hybridized carbons (Fsp3) is 0.588. The zero-order valence-electron chi connectivity index (χ0n) is 15.3. The van der Waals surface area contributed by atoms with E-state index in [4.69, 9.17) is 15.2 Å². The standard InChI is InChI=1S/C17H24N4O3S.ClH/c1-10-13-15(24-3)19-12(9-23-2)20-16(13)25-14(10)17(22)21-7-5-4-6-11(21)8-18;/h11H,4-9,18H2,1-3H3;1H. The van der Waals surface area contributed by atoms with Gasteiger partial charge in [0.05, 0.1) is 17.4 Å². The number of halogens is 1. The minimum Gasteiger partial charge on any atom is -0.480 e. The zero-order valence-corrected chi connectivity index (χ0v) is 16.9. The number of ether oxygens (including phenoxy) is 2. The first-order valence-electron chi connectivity index (χ1n) is 8.44. The maximum Gasteiger partial charge on any atom is 0.264 e. The van der Waals surface area contributed by atoms with Gasteiger partial charge in [0.2, 0.25) is 5.88 Å². The van der Waals surface area contributed by atoms with Crippen molar-refractivity contribution in [1.29, 1.82) is 0 Å². The Balaban J connectivity index is 0.00000243. The zero-order chi connectivity index (χ0) is 18.0. The van der Waals surface area contributed by atoms with Crippen LogP contribution in [0.1, 0.15) is 40.3 Å². The van der Waals surface area contributed by atoms with E-state index in [1.165, 1.54) is 11.3 Å². The highest BCUT2D eigenvalue weighted by Gasteiger charge is 2.30. The predicted molar refractivity (Wildman–Crippen MR) is 104 cm³/mol. The fourth-order valence-corrected chi connectivity index (χ4v) is 4.48. The Kier molecular flexibility index (Phi) is 7.16. The number of carbonyl (C=O) groups is 1. The topological polar surface area (TPSA) is 90.6 Å². The maximum atomic E-state index is 13.1. The van der Waals surface area contributed by atoms with Crippen LogP contribution >= 0.6 is 23.7 Å². The van der Waals surface area contributed by atoms with Crippen LogP contribution in [0.25, 0.3) is 10.2 Å². The largest absolute Gasteiger partial charge is 0.480 e. The van der Waals surface area contributed by atoms with Crippen LogP contribution in [0.5, 0.6) is 5.88 Å². The maximum absolute atomic E-state index is 13.1. The molecule has 0 spiro atoms. The highest BCUT2D eigenvalue weighted by molar-refractivity contribution is 7.20. The normalized spacial score (nSPS) is 17.2. The molecular formula is C17H25ClN4O3S. The second-order valence-electron chi connectivity index (χ2n) is 6.20. The van der Waals surface area contributed by atoms with Crippen molar-refractivity contribution in [3.05, 3.63) is 16.3 Å². The van der Waals surface area contributed by atoms with E-state index < -0.39 is 0 Å². The molecule has 1 unspecified atom stereocenters. The SMILES string of the molecule is COCc1nc(OC)c2c(C)c(C(=O)N3CCCCC3CN)sc2n1.Cl. The summed E-state index contributed by atoms with van der Waals surface area (Å²) in [6, 6.07) is 0.114. The molecule has 1 aliphatic rings. The first-order chi connectivity index (χ1) is 12.1. The molecule has 2 N–H and O–H groups in total. The first kappa shape index (κ1) is 20.8. The molecule has 1 aliphatic heterocycles. The lowest BCUT2D eigenvalue weighted by Crippen LogP contribution is -2.47. The number of nitrogens with two attached hydrogens (primary N) is 1. The van der Waals surface area contributed by atoms with Crippen LogP contribution in [0.2, 0.25) is 0 Å². The van der Waals surface area contributed by atoms with Gasteiger partial charge >= 0.3 is 0 Å². The van der Waals surface area contributed by atoms with Gasteiger partial charge in [0.1, 0.15) is 11.4 Å². The molecule has 0 bridgehead atoms. The Labute approximate surface area is 163 Å². The predicted octanol–water partition coefficient (Wildman–Crippen LogP) is 2.53. The van der Waals surface area contributed by atoms with E-state index in [1.807, 2.05) is 11.8 Å². The van der Waals surface area contributed by atoms with Gasteiger partial charge in [-0.3, -0.25) is 4.79 Å². The molecule has 1 saturated heterocycles. The molecule has 2 aromatic heterocycles. The van der Waals surface area contributed by atoms with E-state index in [0.717, 1.165) is 41.6 Å². The van der Waals surface area contributed by atoms with Gasteiger partial charge < -0.3 is 20.1 Å². The number of thiophene rings is 1. The third-order valence-electron chi connectivity index (χ3n) is 4.62. The van der Waals surface area contributed by atoms with Crippen molar-refractivity contribution in [3.8, 4) is 5.88 Å². The van der Waals surface area contributed by atoms with E-state index >= 15 is 0 Å². The molecular weight excluding hydrogens is 376 g/mol. The van der Waals surface area contributed by atoms with Gasteiger partial charge in [0.25, 0.3) is 5.91 Å². The number of fused-ring (bicyclic) bond motifs is 1. The second kappa shape index (κ2) is 8.94. The van der Waals surface area contributed by atoms with Crippen molar-refractivity contribution < 1.29 is 14.3 Å². The van der Waals surface area contributed by atoms with Gasteiger partial charge in [-0.1, -0.05) is 0 Å². The van der Waals surface area contributed by atoms with Gasteiger partial charge in [0, 0.05) is 26.2 Å². The third kappa shape index (κ3) is 3.78. The number of rotatable bonds is 5.